The van der Waals surface area contributed by atoms with E-state index in [1.807, 2.05) is 47.6 Å². The van der Waals surface area contributed by atoms with E-state index in [0.29, 0.717) is 41.1 Å². The number of likely N-dealkylation sites (tertiary alicyclic amines) is 1. The Hall–Kier alpha value is -5.92. The maximum Gasteiger partial charge on any atom is 0.410 e. The number of halogens is 1. The maximum absolute atomic E-state index is 15.6. The Morgan fingerprint density at radius 1 is 0.964 bits per heavy atom. The van der Waals surface area contributed by atoms with Crippen LogP contribution in [0.5, 0.6) is 0 Å². The van der Waals surface area contributed by atoms with Gasteiger partial charge in [-0.05, 0) is 86.4 Å². The fourth-order valence-electron chi connectivity index (χ4n) is 6.59. The number of benzene rings is 2. The van der Waals surface area contributed by atoms with Gasteiger partial charge >= 0.3 is 12.1 Å². The highest BCUT2D eigenvalue weighted by Crippen LogP contribution is 2.32. The third kappa shape index (κ3) is 8.58. The minimum Gasteiger partial charge on any atom is -0.461 e. The van der Waals surface area contributed by atoms with Crippen LogP contribution in [-0.2, 0) is 33.3 Å². The van der Waals surface area contributed by atoms with Crippen molar-refractivity contribution < 1.29 is 23.5 Å². The molecule has 1 aliphatic heterocycles. The number of anilines is 2. The second-order valence-electron chi connectivity index (χ2n) is 15.8. The van der Waals surface area contributed by atoms with Gasteiger partial charge in [-0.15, -0.1) is 0 Å². The lowest BCUT2D eigenvalue weighted by atomic mass is 9.86. The van der Waals surface area contributed by atoms with Crippen LogP contribution < -0.4 is 16.4 Å². The van der Waals surface area contributed by atoms with Crippen LogP contribution in [0.3, 0.4) is 0 Å². The van der Waals surface area contributed by atoms with Crippen molar-refractivity contribution in [1.82, 2.24) is 29.4 Å². The average molecular weight is 752 g/mol. The van der Waals surface area contributed by atoms with E-state index >= 15 is 4.39 Å². The van der Waals surface area contributed by atoms with E-state index < -0.39 is 28.5 Å². The van der Waals surface area contributed by atoms with Gasteiger partial charge in [-0.2, -0.15) is 14.9 Å². The molecule has 14 heteroatoms. The molecule has 4 heterocycles. The number of fused-ring (bicyclic) bond motifs is 1. The predicted octanol–water partition coefficient (Wildman–Crippen LogP) is 6.90. The summed E-state index contributed by atoms with van der Waals surface area (Å²) in [5.74, 6) is -0.576. The normalized spacial score (nSPS) is 13.9. The minimum atomic E-state index is -0.685. The highest BCUT2D eigenvalue weighted by Gasteiger charge is 2.28. The van der Waals surface area contributed by atoms with Crippen molar-refractivity contribution in [2.45, 2.75) is 84.8 Å². The summed E-state index contributed by atoms with van der Waals surface area (Å²) in [6.07, 6.45) is 4.44. The van der Waals surface area contributed by atoms with Crippen molar-refractivity contribution in [2.75, 3.05) is 18.4 Å². The molecule has 1 aliphatic rings. The van der Waals surface area contributed by atoms with Crippen LogP contribution >= 0.6 is 0 Å². The summed E-state index contributed by atoms with van der Waals surface area (Å²) >= 11 is 0. The second-order valence-corrected chi connectivity index (χ2v) is 15.8. The predicted molar refractivity (Wildman–Crippen MR) is 207 cm³/mol. The number of esters is 1. The Bertz CT molecular complexity index is 2390. The number of ether oxygens (including phenoxy) is 2. The number of nitrogens with zero attached hydrogens (tertiary/aromatic N) is 6. The number of hydrogen-bond acceptors (Lipinski definition) is 10. The van der Waals surface area contributed by atoms with E-state index in [0.717, 1.165) is 28.7 Å². The number of carbonyl (C=O) groups excluding carboxylic acids is 2. The number of carbonyl (C=O) groups is 2. The zero-order valence-electron chi connectivity index (χ0n) is 32.4. The highest BCUT2D eigenvalue weighted by atomic mass is 19.1. The number of pyridine rings is 1. The Morgan fingerprint density at radius 2 is 1.69 bits per heavy atom. The van der Waals surface area contributed by atoms with E-state index in [9.17, 15) is 19.2 Å². The van der Waals surface area contributed by atoms with Crippen LogP contribution in [0.25, 0.3) is 27.7 Å². The first-order valence-electron chi connectivity index (χ1n) is 18.2. The van der Waals surface area contributed by atoms with Crippen molar-refractivity contribution in [2.24, 2.45) is 7.05 Å². The standard InChI is InChI=1S/C41H46FN7O6/c1-24(50)54-23-30-29(10-9-11-34(30)49-38(52)36-27(22-44-49)18-28(19-31(36)42)40(2,3)4)32-20-33(37(51)47(8)46-32)45-35-13-12-26(21-43-35)25-14-16-48(17-15-25)39(53)55-41(5,6)7/h9-13,18-22,25H,14-17,23H2,1-8H3,(H,43,45). The molecule has 1 fully saturated rings. The Kier molecular flexibility index (Phi) is 10.6. The van der Waals surface area contributed by atoms with Crippen LogP contribution in [0.2, 0.25) is 0 Å². The molecule has 6 rings (SSSR count). The highest BCUT2D eigenvalue weighted by molar-refractivity contribution is 5.83. The molecule has 5 aromatic rings. The lowest BCUT2D eigenvalue weighted by Gasteiger charge is -2.33. The monoisotopic (exact) mass is 751 g/mol. The van der Waals surface area contributed by atoms with Crippen LogP contribution in [-0.4, -0.2) is 60.2 Å². The summed E-state index contributed by atoms with van der Waals surface area (Å²) in [7, 11) is 1.51. The molecule has 1 N–H and O–H groups in total. The van der Waals surface area contributed by atoms with Crippen molar-refractivity contribution in [3.05, 3.63) is 104 Å². The van der Waals surface area contributed by atoms with Crippen LogP contribution in [0.15, 0.2) is 70.5 Å². The molecule has 0 aliphatic carbocycles. The van der Waals surface area contributed by atoms with E-state index in [1.54, 1.807) is 47.5 Å². The SMILES string of the molecule is CC(=O)OCc1c(-c2cc(Nc3ccc(C4CCN(C(=O)OC(C)(C)C)CC4)cn3)c(=O)n(C)n2)cccc1-n1ncc2cc(C(C)(C)C)cc(F)c2c1=O. The molecule has 0 atom stereocenters. The van der Waals surface area contributed by atoms with Crippen LogP contribution in [0.4, 0.5) is 20.7 Å². The van der Waals surface area contributed by atoms with Gasteiger partial charge in [0.15, 0.2) is 0 Å². The van der Waals surface area contributed by atoms with Gasteiger partial charge in [0.25, 0.3) is 11.1 Å². The largest absolute Gasteiger partial charge is 0.461 e. The van der Waals surface area contributed by atoms with Crippen LogP contribution in [0, 0.1) is 5.82 Å². The fourth-order valence-corrected chi connectivity index (χ4v) is 6.59. The molecule has 3 aromatic heterocycles. The molecule has 0 spiro atoms. The summed E-state index contributed by atoms with van der Waals surface area (Å²) < 4.78 is 28.8. The number of amides is 1. The van der Waals surface area contributed by atoms with E-state index in [-0.39, 0.29) is 40.8 Å². The van der Waals surface area contributed by atoms with Gasteiger partial charge in [-0.25, -0.2) is 18.9 Å². The number of aryl methyl sites for hydroxylation is 1. The smallest absolute Gasteiger partial charge is 0.410 e. The molecule has 0 radical (unpaired) electrons. The summed E-state index contributed by atoms with van der Waals surface area (Å²) in [6.45, 7) is 13.6. The van der Waals surface area contributed by atoms with Crippen LogP contribution in [0.1, 0.15) is 83.9 Å². The molecular weight excluding hydrogens is 705 g/mol. The molecule has 55 heavy (non-hydrogen) atoms. The van der Waals surface area contributed by atoms with E-state index in [4.69, 9.17) is 9.47 Å². The molecule has 2 aromatic carbocycles. The lowest BCUT2D eigenvalue weighted by molar-refractivity contribution is -0.142. The number of nitrogens with one attached hydrogen (secondary N) is 1. The maximum atomic E-state index is 15.6. The number of piperidine rings is 1. The average Bonchev–Trinajstić information content (AvgIpc) is 3.11. The zero-order chi connectivity index (χ0) is 39.8. The van der Waals surface area contributed by atoms with Crippen molar-refractivity contribution in [3.63, 3.8) is 0 Å². The Balaban J connectivity index is 1.30. The molecule has 0 unspecified atom stereocenters. The number of rotatable bonds is 7. The summed E-state index contributed by atoms with van der Waals surface area (Å²) in [4.78, 5) is 58.0. The number of aromatic nitrogens is 5. The summed E-state index contributed by atoms with van der Waals surface area (Å²) in [5, 5.41) is 12.3. The van der Waals surface area contributed by atoms with Crippen molar-refractivity contribution >= 4 is 34.3 Å². The molecule has 13 nitrogen and oxygen atoms in total. The first kappa shape index (κ1) is 38.8. The molecule has 1 amide bonds. The first-order valence-corrected chi connectivity index (χ1v) is 18.2. The number of hydrogen-bond donors (Lipinski definition) is 1. The fraction of sp³-hybridized carbons (Fsp3) is 0.390. The van der Waals surface area contributed by atoms with Gasteiger partial charge in [-0.3, -0.25) is 14.4 Å². The van der Waals surface area contributed by atoms with Gasteiger partial charge in [-0.1, -0.05) is 39.0 Å². The Labute approximate surface area is 318 Å². The molecular formula is C41H46FN7O6. The van der Waals surface area contributed by atoms with Crippen molar-refractivity contribution in [3.8, 4) is 16.9 Å². The first-order chi connectivity index (χ1) is 25.9. The second kappa shape index (κ2) is 15.1. The topological polar surface area (TPSA) is 151 Å². The van der Waals surface area contributed by atoms with Gasteiger partial charge in [0.05, 0.1) is 23.0 Å². The van der Waals surface area contributed by atoms with Gasteiger partial charge < -0.3 is 19.7 Å². The van der Waals surface area contributed by atoms with E-state index in [2.05, 4.69) is 20.5 Å². The van der Waals surface area contributed by atoms with Gasteiger partial charge in [0, 0.05) is 49.8 Å². The molecule has 0 saturated carbocycles. The summed E-state index contributed by atoms with van der Waals surface area (Å²) in [5.41, 5.74) is 1.33. The lowest BCUT2D eigenvalue weighted by Crippen LogP contribution is -2.41. The summed E-state index contributed by atoms with van der Waals surface area (Å²) in [6, 6.07) is 13.5. The molecule has 1 saturated heterocycles. The van der Waals surface area contributed by atoms with Gasteiger partial charge in [0.2, 0.25) is 0 Å². The quantitative estimate of drug-likeness (QED) is 0.174. The molecule has 0 bridgehead atoms. The molecule has 288 valence electrons. The van der Waals surface area contributed by atoms with Gasteiger partial charge in [0.1, 0.15) is 29.5 Å². The minimum absolute atomic E-state index is 0.122. The third-order valence-electron chi connectivity index (χ3n) is 9.51. The zero-order valence-corrected chi connectivity index (χ0v) is 32.4. The van der Waals surface area contributed by atoms with Crippen molar-refractivity contribution in [1.29, 1.82) is 0 Å². The van der Waals surface area contributed by atoms with E-state index in [1.165, 1.54) is 30.9 Å². The Morgan fingerprint density at radius 3 is 2.33 bits per heavy atom. The third-order valence-corrected chi connectivity index (χ3v) is 9.51.